The molecule has 0 saturated heterocycles. The lowest BCUT2D eigenvalue weighted by atomic mass is 9.79. The molecular weight excluding hydrogens is 422 g/mol. The van der Waals surface area contributed by atoms with E-state index in [1.165, 1.54) is 38.4 Å². The molecule has 0 heterocycles. The molecule has 88 valence electrons. The molecule has 0 N–H and O–H groups in total. The highest BCUT2D eigenvalue weighted by Gasteiger charge is 2.22. The minimum Gasteiger partial charge on any atom is -0.0625 e. The van der Waals surface area contributed by atoms with Gasteiger partial charge in [-0.15, -0.1) is 0 Å². The minimum atomic E-state index is 0.817. The van der Waals surface area contributed by atoms with Gasteiger partial charge in [0.1, 0.15) is 0 Å². The molecule has 0 amide bonds. The van der Waals surface area contributed by atoms with Crippen molar-refractivity contribution in [1.29, 1.82) is 0 Å². The molecule has 0 spiro atoms. The number of hydrogen-bond acceptors (Lipinski definition) is 0. The second kappa shape index (κ2) is 5.55. The molecule has 2 heteroatoms. The van der Waals surface area contributed by atoms with E-state index in [1.54, 1.807) is 5.56 Å². The quantitative estimate of drug-likeness (QED) is 0.507. The van der Waals surface area contributed by atoms with E-state index in [0.717, 1.165) is 11.8 Å². The Morgan fingerprint density at radius 2 is 1.62 bits per heavy atom. The zero-order valence-corrected chi connectivity index (χ0v) is 14.2. The number of hydrogen-bond donors (Lipinski definition) is 0. The Morgan fingerprint density at radius 3 is 2.25 bits per heavy atom. The van der Waals surface area contributed by atoms with Crippen LogP contribution in [-0.4, -0.2) is 0 Å². The average Bonchev–Trinajstić information content (AvgIpc) is 2.28. The van der Waals surface area contributed by atoms with E-state index >= 15 is 0 Å². The summed E-state index contributed by atoms with van der Waals surface area (Å²) in [5.74, 6) is 1.76. The van der Waals surface area contributed by atoms with Gasteiger partial charge in [0.2, 0.25) is 0 Å². The fraction of sp³-hybridized carbons (Fsp3) is 0.571. The van der Waals surface area contributed by atoms with Gasteiger partial charge in [-0.05, 0) is 87.9 Å². The van der Waals surface area contributed by atoms with E-state index in [1.807, 2.05) is 0 Å². The van der Waals surface area contributed by atoms with E-state index in [2.05, 4.69) is 71.2 Å². The van der Waals surface area contributed by atoms with Gasteiger partial charge in [0.25, 0.3) is 0 Å². The van der Waals surface area contributed by atoms with Crippen molar-refractivity contribution in [1.82, 2.24) is 0 Å². The first-order chi connectivity index (χ1) is 7.59. The zero-order chi connectivity index (χ0) is 11.7. The Morgan fingerprint density at radius 1 is 1.00 bits per heavy atom. The fourth-order valence-corrected chi connectivity index (χ4v) is 4.08. The molecular formula is C14H18I2. The van der Waals surface area contributed by atoms with Gasteiger partial charge >= 0.3 is 0 Å². The molecule has 0 bridgehead atoms. The van der Waals surface area contributed by atoms with Gasteiger partial charge in [-0.3, -0.25) is 0 Å². The molecule has 1 saturated carbocycles. The van der Waals surface area contributed by atoms with Crippen molar-refractivity contribution in [2.24, 2.45) is 5.92 Å². The van der Waals surface area contributed by atoms with Crippen LogP contribution in [0.3, 0.4) is 0 Å². The Kier molecular flexibility index (Phi) is 4.55. The lowest BCUT2D eigenvalue weighted by molar-refractivity contribution is 0.347. The largest absolute Gasteiger partial charge is 0.0625 e. The smallest absolute Gasteiger partial charge is 0.0301 e. The zero-order valence-electron chi connectivity index (χ0n) is 9.89. The third kappa shape index (κ3) is 2.74. The second-order valence-corrected chi connectivity index (χ2v) is 7.21. The summed E-state index contributed by atoms with van der Waals surface area (Å²) in [6.45, 7) is 4.59. The third-order valence-corrected chi connectivity index (χ3v) is 7.35. The minimum absolute atomic E-state index is 0.817. The SMILES string of the molecule is Cc1ccc(C2CCC(C)CC2)c(I)c1I. The molecule has 0 nitrogen and oxygen atoms in total. The molecule has 1 aromatic rings. The number of halogens is 2. The van der Waals surface area contributed by atoms with Crippen molar-refractivity contribution < 1.29 is 0 Å². The van der Waals surface area contributed by atoms with Crippen LogP contribution in [0.2, 0.25) is 0 Å². The van der Waals surface area contributed by atoms with Crippen molar-refractivity contribution in [3.8, 4) is 0 Å². The van der Waals surface area contributed by atoms with Crippen molar-refractivity contribution in [2.75, 3.05) is 0 Å². The van der Waals surface area contributed by atoms with Crippen molar-refractivity contribution in [3.05, 3.63) is 30.4 Å². The lowest BCUT2D eigenvalue weighted by Crippen LogP contribution is -2.12. The lowest BCUT2D eigenvalue weighted by Gasteiger charge is -2.27. The van der Waals surface area contributed by atoms with Crippen LogP contribution in [0.25, 0.3) is 0 Å². The topological polar surface area (TPSA) is 0 Å². The standard InChI is InChI=1S/C14H18I2/c1-9-3-6-11(7-4-9)12-8-5-10(2)13(15)14(12)16/h5,8-9,11H,3-4,6-7H2,1-2H3. The van der Waals surface area contributed by atoms with Crippen molar-refractivity contribution in [2.45, 2.75) is 45.4 Å². The van der Waals surface area contributed by atoms with Crippen LogP contribution < -0.4 is 0 Å². The maximum Gasteiger partial charge on any atom is 0.0301 e. The summed E-state index contributed by atoms with van der Waals surface area (Å²) in [6, 6.07) is 4.65. The van der Waals surface area contributed by atoms with Crippen LogP contribution in [0.5, 0.6) is 0 Å². The number of aryl methyl sites for hydroxylation is 1. The Labute approximate surface area is 126 Å². The van der Waals surface area contributed by atoms with Gasteiger partial charge in [0, 0.05) is 7.14 Å². The molecule has 0 atom stereocenters. The number of benzene rings is 1. The van der Waals surface area contributed by atoms with Gasteiger partial charge in [0.15, 0.2) is 0 Å². The predicted molar refractivity (Wildman–Crippen MR) is 87.0 cm³/mol. The maximum absolute atomic E-state index is 2.53. The summed E-state index contributed by atoms with van der Waals surface area (Å²) >= 11 is 5.02. The summed E-state index contributed by atoms with van der Waals surface area (Å²) in [6.07, 6.45) is 5.59. The van der Waals surface area contributed by atoms with Gasteiger partial charge in [0.05, 0.1) is 0 Å². The summed E-state index contributed by atoms with van der Waals surface area (Å²) in [5, 5.41) is 0. The molecule has 16 heavy (non-hydrogen) atoms. The first kappa shape index (κ1) is 13.1. The van der Waals surface area contributed by atoms with Gasteiger partial charge in [-0.1, -0.05) is 31.9 Å². The number of rotatable bonds is 1. The summed E-state index contributed by atoms with van der Waals surface area (Å²) in [4.78, 5) is 0. The van der Waals surface area contributed by atoms with E-state index in [4.69, 9.17) is 0 Å². The first-order valence-corrected chi connectivity index (χ1v) is 8.20. The van der Waals surface area contributed by atoms with Gasteiger partial charge in [-0.25, -0.2) is 0 Å². The van der Waals surface area contributed by atoms with Crippen LogP contribution in [0.15, 0.2) is 12.1 Å². The summed E-state index contributed by atoms with van der Waals surface area (Å²) < 4.78 is 2.95. The van der Waals surface area contributed by atoms with Gasteiger partial charge < -0.3 is 0 Å². The molecule has 2 rings (SSSR count). The highest BCUT2D eigenvalue weighted by molar-refractivity contribution is 14.1. The highest BCUT2D eigenvalue weighted by Crippen LogP contribution is 2.38. The molecule has 1 aliphatic carbocycles. The normalized spacial score (nSPS) is 25.8. The predicted octanol–water partition coefficient (Wildman–Crippen LogP) is 5.50. The molecule has 1 aliphatic rings. The molecule has 0 unspecified atom stereocenters. The van der Waals surface area contributed by atoms with Crippen LogP contribution in [0.1, 0.15) is 49.7 Å². The first-order valence-electron chi connectivity index (χ1n) is 6.04. The second-order valence-electron chi connectivity index (χ2n) is 5.06. The Balaban J connectivity index is 2.24. The van der Waals surface area contributed by atoms with E-state index in [-0.39, 0.29) is 0 Å². The average molecular weight is 440 g/mol. The maximum atomic E-state index is 2.53. The van der Waals surface area contributed by atoms with E-state index in [0.29, 0.717) is 0 Å². The molecule has 0 radical (unpaired) electrons. The fourth-order valence-electron chi connectivity index (χ4n) is 2.55. The van der Waals surface area contributed by atoms with E-state index < -0.39 is 0 Å². The molecule has 1 aromatic carbocycles. The van der Waals surface area contributed by atoms with Crippen LogP contribution in [0.4, 0.5) is 0 Å². The van der Waals surface area contributed by atoms with Crippen LogP contribution in [0, 0.1) is 20.0 Å². The van der Waals surface area contributed by atoms with Crippen LogP contribution in [-0.2, 0) is 0 Å². The molecule has 1 fully saturated rings. The Bertz CT molecular complexity index is 377. The van der Waals surface area contributed by atoms with Crippen LogP contribution >= 0.6 is 45.2 Å². The molecule has 0 aromatic heterocycles. The Hall–Kier alpha value is 0.680. The van der Waals surface area contributed by atoms with Gasteiger partial charge in [-0.2, -0.15) is 0 Å². The summed E-state index contributed by atoms with van der Waals surface area (Å²) in [5.41, 5.74) is 3.01. The third-order valence-electron chi connectivity index (χ3n) is 3.76. The van der Waals surface area contributed by atoms with Crippen molar-refractivity contribution >= 4 is 45.2 Å². The monoisotopic (exact) mass is 440 g/mol. The highest BCUT2D eigenvalue weighted by atomic mass is 127. The van der Waals surface area contributed by atoms with E-state index in [9.17, 15) is 0 Å². The summed E-state index contributed by atoms with van der Waals surface area (Å²) in [7, 11) is 0. The molecule has 0 aliphatic heterocycles. The van der Waals surface area contributed by atoms with Crippen molar-refractivity contribution in [3.63, 3.8) is 0 Å².